The molecule has 5 nitrogen and oxygen atoms in total. The molecule has 2 rings (SSSR count). The fourth-order valence-electron chi connectivity index (χ4n) is 1.61. The highest BCUT2D eigenvalue weighted by molar-refractivity contribution is 5.50. The van der Waals surface area contributed by atoms with Crippen LogP contribution in [0.4, 0.5) is 5.69 Å². The molecule has 0 aliphatic heterocycles. The van der Waals surface area contributed by atoms with Crippen molar-refractivity contribution in [2.45, 2.75) is 13.8 Å². The molecule has 0 amide bonds. The molecule has 0 aliphatic carbocycles. The van der Waals surface area contributed by atoms with Crippen molar-refractivity contribution < 1.29 is 9.47 Å². The molecule has 1 heterocycles. The number of hydrogen-bond donors (Lipinski definition) is 1. The Balaban J connectivity index is 2.21. The zero-order valence-electron chi connectivity index (χ0n) is 12.0. The maximum atomic E-state index is 9.05. The number of benzene rings is 1. The normalized spacial score (nSPS) is 10.2. The van der Waals surface area contributed by atoms with Gasteiger partial charge in [-0.2, -0.15) is 10.2 Å². The van der Waals surface area contributed by atoms with E-state index in [9.17, 15) is 0 Å². The molecule has 5 heteroatoms. The van der Waals surface area contributed by atoms with Crippen LogP contribution in [-0.4, -0.2) is 11.6 Å². The van der Waals surface area contributed by atoms with Crippen LogP contribution < -0.4 is 15.2 Å². The third-order valence-electron chi connectivity index (χ3n) is 2.64. The monoisotopic (exact) mass is 283 g/mol. The smallest absolute Gasteiger partial charge is 0.240 e. The van der Waals surface area contributed by atoms with E-state index in [0.717, 1.165) is 0 Å². The van der Waals surface area contributed by atoms with Crippen LogP contribution in [0.15, 0.2) is 36.4 Å². The third-order valence-corrected chi connectivity index (χ3v) is 2.64. The van der Waals surface area contributed by atoms with Gasteiger partial charge in [0.25, 0.3) is 0 Å². The van der Waals surface area contributed by atoms with Crippen LogP contribution in [0.3, 0.4) is 0 Å². The van der Waals surface area contributed by atoms with E-state index in [-0.39, 0.29) is 0 Å². The molecular weight excluding hydrogens is 266 g/mol. The highest BCUT2D eigenvalue weighted by atomic mass is 16.5. The molecule has 0 saturated carbocycles. The number of aromatic nitrogens is 1. The second-order valence-corrected chi connectivity index (χ2v) is 4.96. The van der Waals surface area contributed by atoms with Crippen molar-refractivity contribution in [3.63, 3.8) is 0 Å². The lowest BCUT2D eigenvalue weighted by Gasteiger charge is -2.12. The van der Waals surface area contributed by atoms with E-state index in [1.165, 1.54) is 0 Å². The van der Waals surface area contributed by atoms with Gasteiger partial charge in [-0.05, 0) is 24.1 Å². The maximum absolute atomic E-state index is 9.05. The van der Waals surface area contributed by atoms with E-state index < -0.39 is 0 Å². The van der Waals surface area contributed by atoms with Gasteiger partial charge < -0.3 is 15.2 Å². The Labute approximate surface area is 123 Å². The van der Waals surface area contributed by atoms with Crippen LogP contribution in [0, 0.1) is 17.2 Å². The molecule has 0 aliphatic rings. The van der Waals surface area contributed by atoms with Crippen LogP contribution in [0.5, 0.6) is 17.5 Å². The Morgan fingerprint density at radius 2 is 2.00 bits per heavy atom. The van der Waals surface area contributed by atoms with Crippen molar-refractivity contribution in [3.05, 3.63) is 42.0 Å². The summed E-state index contributed by atoms with van der Waals surface area (Å²) < 4.78 is 11.2. The molecule has 21 heavy (non-hydrogen) atoms. The topological polar surface area (TPSA) is 81.2 Å². The number of nitrogen functional groups attached to an aromatic ring is 1. The van der Waals surface area contributed by atoms with Crippen LogP contribution in [0.1, 0.15) is 19.4 Å². The van der Waals surface area contributed by atoms with Gasteiger partial charge in [0.1, 0.15) is 11.8 Å². The lowest BCUT2D eigenvalue weighted by Crippen LogP contribution is -2.07. The molecule has 0 atom stereocenters. The van der Waals surface area contributed by atoms with Gasteiger partial charge in [-0.15, -0.1) is 0 Å². The molecule has 1 aromatic heterocycles. The van der Waals surface area contributed by atoms with Crippen LogP contribution in [0.2, 0.25) is 0 Å². The predicted octanol–water partition coefficient (Wildman–Crippen LogP) is 3.36. The molecule has 1 aromatic carbocycles. The van der Waals surface area contributed by atoms with Crippen LogP contribution in [-0.2, 0) is 0 Å². The second kappa shape index (κ2) is 6.62. The summed E-state index contributed by atoms with van der Waals surface area (Å²) in [6.45, 7) is 4.61. The number of nitrogens with two attached hydrogens (primary N) is 1. The van der Waals surface area contributed by atoms with Gasteiger partial charge in [0.05, 0.1) is 17.9 Å². The average Bonchev–Trinajstić information content (AvgIpc) is 2.48. The van der Waals surface area contributed by atoms with Crippen molar-refractivity contribution >= 4 is 5.69 Å². The summed E-state index contributed by atoms with van der Waals surface area (Å²) in [7, 11) is 0. The van der Waals surface area contributed by atoms with E-state index in [1.807, 2.05) is 13.8 Å². The average molecular weight is 283 g/mol. The van der Waals surface area contributed by atoms with Crippen LogP contribution >= 0.6 is 0 Å². The zero-order valence-corrected chi connectivity index (χ0v) is 12.0. The van der Waals surface area contributed by atoms with E-state index >= 15 is 0 Å². The molecule has 2 aromatic rings. The van der Waals surface area contributed by atoms with Gasteiger partial charge >= 0.3 is 0 Å². The Kier molecular flexibility index (Phi) is 4.62. The number of hydrogen-bond acceptors (Lipinski definition) is 5. The SMILES string of the molecule is CC(C)COc1nc(Oc2ccccc2C#N)ccc1N. The van der Waals surface area contributed by atoms with Gasteiger partial charge in [-0.3, -0.25) is 0 Å². The molecule has 0 unspecified atom stereocenters. The largest absolute Gasteiger partial charge is 0.476 e. The van der Waals surface area contributed by atoms with Gasteiger partial charge in [-0.25, -0.2) is 0 Å². The van der Waals surface area contributed by atoms with Crippen molar-refractivity contribution in [1.82, 2.24) is 4.98 Å². The summed E-state index contributed by atoms with van der Waals surface area (Å²) in [6, 6.07) is 12.4. The number of ether oxygens (including phenoxy) is 2. The molecule has 0 saturated heterocycles. The molecular formula is C16H17N3O2. The first-order chi connectivity index (χ1) is 10.1. The minimum Gasteiger partial charge on any atom is -0.476 e. The quantitative estimate of drug-likeness (QED) is 0.909. The highest BCUT2D eigenvalue weighted by Crippen LogP contribution is 2.27. The minimum atomic E-state index is 0.339. The Morgan fingerprint density at radius 1 is 1.24 bits per heavy atom. The predicted molar refractivity (Wildman–Crippen MR) is 80.2 cm³/mol. The lowest BCUT2D eigenvalue weighted by atomic mass is 10.2. The summed E-state index contributed by atoms with van der Waals surface area (Å²) >= 11 is 0. The molecule has 0 radical (unpaired) electrons. The van der Waals surface area contributed by atoms with Gasteiger partial charge in [0, 0.05) is 6.07 Å². The Bertz CT molecular complexity index is 663. The Hall–Kier alpha value is -2.74. The summed E-state index contributed by atoms with van der Waals surface area (Å²) in [5.41, 5.74) is 6.73. The second-order valence-electron chi connectivity index (χ2n) is 4.96. The van der Waals surface area contributed by atoms with Gasteiger partial charge in [0.2, 0.25) is 11.8 Å². The van der Waals surface area contributed by atoms with E-state index in [4.69, 9.17) is 20.5 Å². The number of nitriles is 1. The van der Waals surface area contributed by atoms with Gasteiger partial charge in [0.15, 0.2) is 0 Å². The maximum Gasteiger partial charge on any atom is 0.240 e. The van der Waals surface area contributed by atoms with Crippen molar-refractivity contribution in [1.29, 1.82) is 5.26 Å². The highest BCUT2D eigenvalue weighted by Gasteiger charge is 2.09. The fourth-order valence-corrected chi connectivity index (χ4v) is 1.61. The number of para-hydroxylation sites is 1. The number of nitrogens with zero attached hydrogens (tertiary/aromatic N) is 2. The zero-order chi connectivity index (χ0) is 15.2. The fraction of sp³-hybridized carbons (Fsp3) is 0.250. The first-order valence-corrected chi connectivity index (χ1v) is 6.66. The standard InChI is InChI=1S/C16H17N3O2/c1-11(2)10-20-16-13(18)7-8-15(19-16)21-14-6-4-3-5-12(14)9-17/h3-8,11H,10,18H2,1-2H3. The van der Waals surface area contributed by atoms with E-state index in [0.29, 0.717) is 41.3 Å². The molecule has 108 valence electrons. The summed E-state index contributed by atoms with van der Waals surface area (Å²) in [5.74, 6) is 1.50. The summed E-state index contributed by atoms with van der Waals surface area (Å²) in [6.07, 6.45) is 0. The first kappa shape index (κ1) is 14.7. The van der Waals surface area contributed by atoms with Crippen molar-refractivity contribution in [3.8, 4) is 23.6 Å². The van der Waals surface area contributed by atoms with Crippen molar-refractivity contribution in [2.75, 3.05) is 12.3 Å². The molecule has 0 spiro atoms. The minimum absolute atomic E-state index is 0.339. The Morgan fingerprint density at radius 3 is 2.71 bits per heavy atom. The van der Waals surface area contributed by atoms with Crippen molar-refractivity contribution in [2.24, 2.45) is 5.92 Å². The lowest BCUT2D eigenvalue weighted by molar-refractivity contribution is 0.260. The molecule has 2 N–H and O–H groups in total. The first-order valence-electron chi connectivity index (χ1n) is 6.66. The summed E-state index contributed by atoms with van der Waals surface area (Å²) in [5, 5.41) is 9.05. The number of anilines is 1. The van der Waals surface area contributed by atoms with Gasteiger partial charge in [-0.1, -0.05) is 26.0 Å². The molecule has 0 bridgehead atoms. The van der Waals surface area contributed by atoms with Crippen LogP contribution in [0.25, 0.3) is 0 Å². The number of rotatable bonds is 5. The van der Waals surface area contributed by atoms with E-state index in [1.54, 1.807) is 36.4 Å². The third kappa shape index (κ3) is 3.86. The molecule has 0 fully saturated rings. The van der Waals surface area contributed by atoms with E-state index in [2.05, 4.69) is 11.1 Å². The summed E-state index contributed by atoms with van der Waals surface area (Å²) in [4.78, 5) is 4.24. The number of pyridine rings is 1.